The molecule has 18 heavy (non-hydrogen) atoms. The summed E-state index contributed by atoms with van der Waals surface area (Å²) in [7, 11) is 4.51. The number of hydrogen-bond donors (Lipinski definition) is 0. The summed E-state index contributed by atoms with van der Waals surface area (Å²) in [5.74, 6) is 0.306. The molecule has 1 heterocycles. The first-order valence-corrected chi connectivity index (χ1v) is 5.95. The van der Waals surface area contributed by atoms with Crippen molar-refractivity contribution in [3.8, 4) is 5.75 Å². The molecular formula is C12H12BrNO4. The van der Waals surface area contributed by atoms with Gasteiger partial charge in [-0.05, 0) is 28.1 Å². The summed E-state index contributed by atoms with van der Waals surface area (Å²) < 4.78 is 11.3. The molecule has 0 N–H and O–H groups in total. The fraction of sp³-hybridized carbons (Fsp3) is 0.250. The first-order valence-electron chi connectivity index (χ1n) is 5.16. The predicted octanol–water partition coefficient (Wildman–Crippen LogP) is 2.84. The Kier molecular flexibility index (Phi) is 3.58. The van der Waals surface area contributed by atoms with Crippen LogP contribution >= 0.6 is 15.9 Å². The minimum Gasteiger partial charge on any atom is -0.496 e. The molecule has 0 unspecified atom stereocenters. The molecule has 2 rings (SSSR count). The molecule has 5 nitrogen and oxygen atoms in total. The third-order valence-corrected chi connectivity index (χ3v) is 2.99. The molecule has 0 bridgehead atoms. The van der Waals surface area contributed by atoms with Gasteiger partial charge < -0.3 is 9.15 Å². The Labute approximate surface area is 112 Å². The van der Waals surface area contributed by atoms with E-state index in [0.29, 0.717) is 21.6 Å². The fourth-order valence-electron chi connectivity index (χ4n) is 1.63. The van der Waals surface area contributed by atoms with E-state index in [-0.39, 0.29) is 5.91 Å². The molecule has 6 heteroatoms. The second kappa shape index (κ2) is 4.99. The van der Waals surface area contributed by atoms with Gasteiger partial charge in [0.1, 0.15) is 11.3 Å². The Morgan fingerprint density at radius 1 is 1.33 bits per heavy atom. The number of carbonyl (C=O) groups is 1. The van der Waals surface area contributed by atoms with Gasteiger partial charge in [-0.2, -0.15) is 0 Å². The van der Waals surface area contributed by atoms with Crippen LogP contribution in [0.3, 0.4) is 0 Å². The zero-order valence-corrected chi connectivity index (χ0v) is 11.8. The van der Waals surface area contributed by atoms with E-state index >= 15 is 0 Å². The van der Waals surface area contributed by atoms with E-state index < -0.39 is 0 Å². The summed E-state index contributed by atoms with van der Waals surface area (Å²) in [6.45, 7) is 0. The normalized spacial score (nSPS) is 10.7. The van der Waals surface area contributed by atoms with E-state index in [2.05, 4.69) is 15.9 Å². The average molecular weight is 314 g/mol. The summed E-state index contributed by atoms with van der Waals surface area (Å²) in [5.41, 5.74) is 1.01. The lowest BCUT2D eigenvalue weighted by molar-refractivity contribution is -0.0757. The zero-order chi connectivity index (χ0) is 13.3. The van der Waals surface area contributed by atoms with Crippen molar-refractivity contribution in [1.29, 1.82) is 0 Å². The average Bonchev–Trinajstić information content (AvgIpc) is 2.75. The Hall–Kier alpha value is -1.53. The number of benzene rings is 1. The van der Waals surface area contributed by atoms with Crippen LogP contribution in [0.5, 0.6) is 5.75 Å². The zero-order valence-electron chi connectivity index (χ0n) is 10.2. The monoisotopic (exact) mass is 313 g/mol. The molecule has 0 aliphatic heterocycles. The van der Waals surface area contributed by atoms with Crippen LogP contribution in [0.4, 0.5) is 0 Å². The smallest absolute Gasteiger partial charge is 0.277 e. The van der Waals surface area contributed by atoms with E-state index in [4.69, 9.17) is 14.0 Å². The maximum atomic E-state index is 12.0. The van der Waals surface area contributed by atoms with Crippen LogP contribution in [-0.4, -0.2) is 32.2 Å². The summed E-state index contributed by atoms with van der Waals surface area (Å²) >= 11 is 3.25. The van der Waals surface area contributed by atoms with E-state index in [0.717, 1.165) is 10.4 Å². The number of carbonyl (C=O) groups excluding carboxylic acids is 1. The van der Waals surface area contributed by atoms with Gasteiger partial charge in [0, 0.05) is 18.7 Å². The van der Waals surface area contributed by atoms with E-state index in [1.165, 1.54) is 14.2 Å². The van der Waals surface area contributed by atoms with Crippen molar-refractivity contribution in [3.05, 3.63) is 28.4 Å². The van der Waals surface area contributed by atoms with E-state index in [9.17, 15) is 4.79 Å². The molecule has 1 aromatic heterocycles. The van der Waals surface area contributed by atoms with Crippen LogP contribution in [-0.2, 0) is 4.84 Å². The van der Waals surface area contributed by atoms with Crippen LogP contribution in [0, 0.1) is 0 Å². The lowest BCUT2D eigenvalue weighted by atomic mass is 10.1. The molecule has 0 saturated carbocycles. The molecule has 0 spiro atoms. The third-order valence-electron chi connectivity index (χ3n) is 2.60. The van der Waals surface area contributed by atoms with Crippen LogP contribution < -0.4 is 4.74 Å². The number of nitrogens with zero attached hydrogens (tertiary/aromatic N) is 1. The SMILES string of the molecule is COc1cc(C(=O)N(C)OC)cc2oc(Br)cc12. The fourth-order valence-corrected chi connectivity index (χ4v) is 2.04. The first-order chi connectivity index (χ1) is 8.56. The molecule has 0 fully saturated rings. The van der Waals surface area contributed by atoms with Gasteiger partial charge in [-0.15, -0.1) is 0 Å². The standard InChI is InChI=1S/C12H12BrNO4/c1-14(17-3)12(15)7-4-9(16-2)8-6-11(13)18-10(8)5-7/h4-6H,1-3H3. The number of methoxy groups -OCH3 is 1. The Morgan fingerprint density at radius 3 is 2.67 bits per heavy atom. The van der Waals surface area contributed by atoms with Gasteiger partial charge in [-0.1, -0.05) is 0 Å². The van der Waals surface area contributed by atoms with Gasteiger partial charge in [-0.3, -0.25) is 9.63 Å². The van der Waals surface area contributed by atoms with E-state index in [1.54, 1.807) is 25.3 Å². The molecule has 0 saturated heterocycles. The second-order valence-corrected chi connectivity index (χ2v) is 4.41. The lowest BCUT2D eigenvalue weighted by Gasteiger charge is -2.14. The van der Waals surface area contributed by atoms with Gasteiger partial charge in [0.05, 0.1) is 19.6 Å². The number of fused-ring (bicyclic) bond motifs is 1. The summed E-state index contributed by atoms with van der Waals surface area (Å²) in [6, 6.07) is 5.10. The minimum absolute atomic E-state index is 0.273. The highest BCUT2D eigenvalue weighted by molar-refractivity contribution is 9.10. The number of furan rings is 1. The van der Waals surface area contributed by atoms with Crippen LogP contribution in [0.2, 0.25) is 0 Å². The maximum absolute atomic E-state index is 12.0. The molecule has 2 aromatic rings. The van der Waals surface area contributed by atoms with Crippen LogP contribution in [0.1, 0.15) is 10.4 Å². The van der Waals surface area contributed by atoms with Gasteiger partial charge in [0.2, 0.25) is 0 Å². The van der Waals surface area contributed by atoms with Gasteiger partial charge in [0.15, 0.2) is 4.67 Å². The number of rotatable bonds is 3. The summed E-state index contributed by atoms with van der Waals surface area (Å²) in [6.07, 6.45) is 0. The molecule has 0 atom stereocenters. The largest absolute Gasteiger partial charge is 0.496 e. The van der Waals surface area contributed by atoms with Crippen molar-refractivity contribution in [1.82, 2.24) is 5.06 Å². The number of amides is 1. The molecular weight excluding hydrogens is 302 g/mol. The van der Waals surface area contributed by atoms with Crippen LogP contribution in [0.25, 0.3) is 11.0 Å². The van der Waals surface area contributed by atoms with Crippen molar-refractivity contribution in [2.24, 2.45) is 0 Å². The molecule has 0 radical (unpaired) electrons. The highest BCUT2D eigenvalue weighted by atomic mass is 79.9. The minimum atomic E-state index is -0.273. The highest BCUT2D eigenvalue weighted by Gasteiger charge is 2.16. The van der Waals surface area contributed by atoms with Crippen molar-refractivity contribution in [3.63, 3.8) is 0 Å². The number of hydrogen-bond acceptors (Lipinski definition) is 4. The van der Waals surface area contributed by atoms with Crippen molar-refractivity contribution in [2.75, 3.05) is 21.3 Å². The van der Waals surface area contributed by atoms with Gasteiger partial charge >= 0.3 is 0 Å². The van der Waals surface area contributed by atoms with E-state index in [1.807, 2.05) is 0 Å². The Morgan fingerprint density at radius 2 is 2.06 bits per heavy atom. The molecule has 0 aliphatic carbocycles. The second-order valence-electron chi connectivity index (χ2n) is 3.63. The summed E-state index contributed by atoms with van der Waals surface area (Å²) in [4.78, 5) is 16.8. The maximum Gasteiger partial charge on any atom is 0.277 e. The number of halogens is 1. The van der Waals surface area contributed by atoms with Gasteiger partial charge in [-0.25, -0.2) is 5.06 Å². The predicted molar refractivity (Wildman–Crippen MR) is 69.6 cm³/mol. The van der Waals surface area contributed by atoms with Crippen molar-refractivity contribution < 1.29 is 18.8 Å². The molecule has 1 aromatic carbocycles. The molecule has 0 aliphatic rings. The molecule has 1 amide bonds. The third kappa shape index (κ3) is 2.21. The lowest BCUT2D eigenvalue weighted by Crippen LogP contribution is -2.25. The topological polar surface area (TPSA) is 51.9 Å². The number of hydroxylamine groups is 2. The summed E-state index contributed by atoms with van der Waals surface area (Å²) in [5, 5.41) is 1.94. The van der Waals surface area contributed by atoms with Crippen molar-refractivity contribution in [2.45, 2.75) is 0 Å². The quantitative estimate of drug-likeness (QED) is 0.818. The first kappa shape index (κ1) is 12.9. The Bertz CT molecular complexity index is 593. The number of ether oxygens (including phenoxy) is 1. The highest BCUT2D eigenvalue weighted by Crippen LogP contribution is 2.32. The van der Waals surface area contributed by atoms with Gasteiger partial charge in [0.25, 0.3) is 5.91 Å². The van der Waals surface area contributed by atoms with Crippen molar-refractivity contribution >= 4 is 32.8 Å². The van der Waals surface area contributed by atoms with Crippen LogP contribution in [0.15, 0.2) is 27.3 Å². The molecule has 96 valence electrons. The Balaban J connectivity index is 2.56.